The lowest BCUT2D eigenvalue weighted by Crippen LogP contribution is -2.38. The zero-order chi connectivity index (χ0) is 15.5. The summed E-state index contributed by atoms with van der Waals surface area (Å²) in [6.45, 7) is 6.85. The summed E-state index contributed by atoms with van der Waals surface area (Å²) in [5, 5.41) is 9.12. The Morgan fingerprint density at radius 3 is 2.40 bits per heavy atom. The van der Waals surface area contributed by atoms with Crippen molar-refractivity contribution in [3.8, 4) is 0 Å². The number of aliphatic hydroxyl groups is 1. The molecule has 0 spiro atoms. The van der Waals surface area contributed by atoms with Crippen molar-refractivity contribution in [3.63, 3.8) is 0 Å². The van der Waals surface area contributed by atoms with Crippen molar-refractivity contribution in [1.82, 2.24) is 4.31 Å². The van der Waals surface area contributed by atoms with Crippen LogP contribution in [-0.4, -0.2) is 30.4 Å². The molecule has 0 aliphatic carbocycles. The van der Waals surface area contributed by atoms with Gasteiger partial charge in [-0.05, 0) is 38.0 Å². The molecule has 20 heavy (non-hydrogen) atoms. The molecule has 4 nitrogen and oxygen atoms in total. The van der Waals surface area contributed by atoms with E-state index < -0.39 is 22.4 Å². The number of sulfonamides is 1. The number of hydrogen-bond acceptors (Lipinski definition) is 3. The lowest BCUT2D eigenvalue weighted by Gasteiger charge is -2.27. The first-order valence-electron chi connectivity index (χ1n) is 6.71. The van der Waals surface area contributed by atoms with E-state index in [1.807, 2.05) is 13.8 Å². The molecule has 0 amide bonds. The van der Waals surface area contributed by atoms with Crippen LogP contribution in [0.1, 0.15) is 38.3 Å². The van der Waals surface area contributed by atoms with E-state index in [0.717, 1.165) is 6.07 Å². The zero-order valence-corrected chi connectivity index (χ0v) is 13.2. The molecule has 6 heteroatoms. The molecule has 0 saturated carbocycles. The highest BCUT2D eigenvalue weighted by molar-refractivity contribution is 7.89. The van der Waals surface area contributed by atoms with Crippen LogP contribution in [0.4, 0.5) is 4.39 Å². The molecule has 0 radical (unpaired) electrons. The number of aliphatic hydroxyl groups excluding tert-OH is 1. The lowest BCUT2D eigenvalue weighted by molar-refractivity contribution is 0.280. The molecule has 1 atom stereocenters. The summed E-state index contributed by atoms with van der Waals surface area (Å²) >= 11 is 0. The van der Waals surface area contributed by atoms with Crippen LogP contribution in [0.15, 0.2) is 17.0 Å². The molecule has 0 fully saturated rings. The van der Waals surface area contributed by atoms with E-state index in [-0.39, 0.29) is 22.1 Å². The molecule has 1 rings (SSSR count). The van der Waals surface area contributed by atoms with Crippen molar-refractivity contribution in [3.05, 3.63) is 29.1 Å². The van der Waals surface area contributed by atoms with Crippen LogP contribution in [0.3, 0.4) is 0 Å². The van der Waals surface area contributed by atoms with Crippen LogP contribution < -0.4 is 0 Å². The first-order valence-corrected chi connectivity index (χ1v) is 8.15. The Morgan fingerprint density at radius 2 is 1.95 bits per heavy atom. The minimum absolute atomic E-state index is 0.0660. The van der Waals surface area contributed by atoms with Crippen LogP contribution in [0, 0.1) is 12.7 Å². The van der Waals surface area contributed by atoms with E-state index >= 15 is 0 Å². The SMILES string of the molecule is CCC(C)N(CC)S(=O)(=O)c1cc(CO)cc(F)c1C. The van der Waals surface area contributed by atoms with Gasteiger partial charge in [0, 0.05) is 18.2 Å². The van der Waals surface area contributed by atoms with E-state index in [2.05, 4.69) is 0 Å². The average molecular weight is 303 g/mol. The Bertz CT molecular complexity index is 572. The van der Waals surface area contributed by atoms with E-state index in [0.29, 0.717) is 13.0 Å². The summed E-state index contributed by atoms with van der Waals surface area (Å²) in [6.07, 6.45) is 0.675. The van der Waals surface area contributed by atoms with Gasteiger partial charge in [0.2, 0.25) is 10.0 Å². The van der Waals surface area contributed by atoms with E-state index in [4.69, 9.17) is 5.11 Å². The molecule has 1 N–H and O–H groups in total. The monoisotopic (exact) mass is 303 g/mol. The summed E-state index contributed by atoms with van der Waals surface area (Å²) in [4.78, 5) is -0.0660. The van der Waals surface area contributed by atoms with E-state index in [9.17, 15) is 12.8 Å². The number of rotatable bonds is 6. The second kappa shape index (κ2) is 6.65. The Balaban J connectivity index is 3.45. The maximum Gasteiger partial charge on any atom is 0.243 e. The molecule has 0 saturated heterocycles. The summed E-state index contributed by atoms with van der Waals surface area (Å²) in [5.41, 5.74) is 0.343. The van der Waals surface area contributed by atoms with Gasteiger partial charge in [0.1, 0.15) is 5.82 Å². The summed E-state index contributed by atoms with van der Waals surface area (Å²) in [6, 6.07) is 2.34. The van der Waals surface area contributed by atoms with Gasteiger partial charge in [-0.3, -0.25) is 0 Å². The molecule has 0 bridgehead atoms. The Kier molecular flexibility index (Phi) is 5.68. The Hall–Kier alpha value is -0.980. The molecule has 0 aliphatic rings. The highest BCUT2D eigenvalue weighted by Crippen LogP contribution is 2.25. The van der Waals surface area contributed by atoms with Crippen molar-refractivity contribution in [1.29, 1.82) is 0 Å². The van der Waals surface area contributed by atoms with Crippen molar-refractivity contribution in [2.45, 2.75) is 51.7 Å². The average Bonchev–Trinajstić information content (AvgIpc) is 2.41. The smallest absolute Gasteiger partial charge is 0.243 e. The molecular formula is C14H22FNO3S. The topological polar surface area (TPSA) is 57.6 Å². The zero-order valence-electron chi connectivity index (χ0n) is 12.4. The standard InChI is InChI=1S/C14H22FNO3S/c1-5-10(3)16(6-2)20(18,19)14-8-12(9-17)7-13(15)11(14)4/h7-8,10,17H,5-6,9H2,1-4H3. The first-order chi connectivity index (χ1) is 9.29. The Labute approximate surface area is 120 Å². The van der Waals surface area contributed by atoms with E-state index in [1.54, 1.807) is 6.92 Å². The van der Waals surface area contributed by atoms with Crippen molar-refractivity contribution >= 4 is 10.0 Å². The third kappa shape index (κ3) is 3.19. The molecule has 1 aromatic rings. The number of nitrogens with zero attached hydrogens (tertiary/aromatic N) is 1. The molecule has 1 unspecified atom stereocenters. The molecule has 1 aromatic carbocycles. The third-order valence-corrected chi connectivity index (χ3v) is 5.74. The molecular weight excluding hydrogens is 281 g/mol. The van der Waals surface area contributed by atoms with Gasteiger partial charge < -0.3 is 5.11 Å². The number of benzene rings is 1. The van der Waals surface area contributed by atoms with Crippen LogP contribution in [0.25, 0.3) is 0 Å². The molecule has 114 valence electrons. The fourth-order valence-electron chi connectivity index (χ4n) is 2.11. The third-order valence-electron chi connectivity index (χ3n) is 3.52. The number of hydrogen-bond donors (Lipinski definition) is 1. The fraction of sp³-hybridized carbons (Fsp3) is 0.571. The predicted molar refractivity (Wildman–Crippen MR) is 76.4 cm³/mol. The van der Waals surface area contributed by atoms with Gasteiger partial charge in [0.15, 0.2) is 0 Å². The number of halogens is 1. The normalized spacial score (nSPS) is 13.8. The quantitative estimate of drug-likeness (QED) is 0.878. The van der Waals surface area contributed by atoms with Gasteiger partial charge in [-0.25, -0.2) is 12.8 Å². The predicted octanol–water partition coefficient (Wildman–Crippen LogP) is 2.44. The minimum atomic E-state index is -3.77. The maximum absolute atomic E-state index is 13.8. The highest BCUT2D eigenvalue weighted by Gasteiger charge is 2.29. The molecule has 0 aliphatic heterocycles. The largest absolute Gasteiger partial charge is 0.392 e. The van der Waals surface area contributed by atoms with Crippen LogP contribution >= 0.6 is 0 Å². The van der Waals surface area contributed by atoms with Gasteiger partial charge in [-0.2, -0.15) is 4.31 Å². The van der Waals surface area contributed by atoms with Gasteiger partial charge in [0.25, 0.3) is 0 Å². The summed E-state index contributed by atoms with van der Waals surface area (Å²) in [5.74, 6) is -0.615. The minimum Gasteiger partial charge on any atom is -0.392 e. The van der Waals surface area contributed by atoms with Crippen LogP contribution in [0.5, 0.6) is 0 Å². The summed E-state index contributed by atoms with van der Waals surface area (Å²) < 4.78 is 40.5. The molecule has 0 heterocycles. The maximum atomic E-state index is 13.8. The molecule has 0 aromatic heterocycles. The van der Waals surface area contributed by atoms with E-state index in [1.165, 1.54) is 17.3 Å². The lowest BCUT2D eigenvalue weighted by atomic mass is 10.1. The van der Waals surface area contributed by atoms with Crippen molar-refractivity contribution in [2.75, 3.05) is 6.54 Å². The Morgan fingerprint density at radius 1 is 1.35 bits per heavy atom. The second-order valence-electron chi connectivity index (χ2n) is 4.82. The van der Waals surface area contributed by atoms with Crippen LogP contribution in [-0.2, 0) is 16.6 Å². The van der Waals surface area contributed by atoms with Gasteiger partial charge in [-0.1, -0.05) is 13.8 Å². The van der Waals surface area contributed by atoms with Crippen LogP contribution in [0.2, 0.25) is 0 Å². The highest BCUT2D eigenvalue weighted by atomic mass is 32.2. The van der Waals surface area contributed by atoms with Gasteiger partial charge in [0.05, 0.1) is 11.5 Å². The summed E-state index contributed by atoms with van der Waals surface area (Å²) in [7, 11) is -3.77. The van der Waals surface area contributed by atoms with Crippen molar-refractivity contribution < 1.29 is 17.9 Å². The fourth-order valence-corrected chi connectivity index (χ4v) is 4.11. The van der Waals surface area contributed by atoms with Gasteiger partial charge in [-0.15, -0.1) is 0 Å². The second-order valence-corrected chi connectivity index (χ2v) is 6.68. The van der Waals surface area contributed by atoms with Gasteiger partial charge >= 0.3 is 0 Å². The first kappa shape index (κ1) is 17.1. The van der Waals surface area contributed by atoms with Crippen molar-refractivity contribution in [2.24, 2.45) is 0 Å².